The molecule has 2 bridgehead atoms. The summed E-state index contributed by atoms with van der Waals surface area (Å²) in [6, 6.07) is 22.2. The van der Waals surface area contributed by atoms with Crippen LogP contribution in [-0.2, 0) is 10.2 Å². The molecule has 10 atom stereocenters. The number of allylic oxidation sites excluding steroid dienone is 4. The van der Waals surface area contributed by atoms with Crippen LogP contribution in [0.1, 0.15) is 113 Å². The Balaban J connectivity index is 1.30. The molecule has 6 aliphatic rings. The van der Waals surface area contributed by atoms with E-state index >= 15 is 0 Å². The van der Waals surface area contributed by atoms with Crippen LogP contribution in [0.25, 0.3) is 0 Å². The summed E-state index contributed by atoms with van der Waals surface area (Å²) in [5, 5.41) is 10.9. The number of hydrogen-bond donors (Lipinski definition) is 2. The second-order valence-corrected chi connectivity index (χ2v) is 16.8. The van der Waals surface area contributed by atoms with Crippen LogP contribution in [0.5, 0.6) is 0 Å². The fourth-order valence-electron chi connectivity index (χ4n) is 11.6. The van der Waals surface area contributed by atoms with E-state index in [1.807, 2.05) is 6.08 Å². The summed E-state index contributed by atoms with van der Waals surface area (Å²) in [6.45, 7) is 0.557. The first-order valence-electron chi connectivity index (χ1n) is 20.6. The maximum absolute atomic E-state index is 13.2. The van der Waals surface area contributed by atoms with E-state index in [0.29, 0.717) is 24.3 Å². The number of benzene rings is 2. The third-order valence-corrected chi connectivity index (χ3v) is 14.0. The third-order valence-electron chi connectivity index (χ3n) is 14.0. The van der Waals surface area contributed by atoms with Crippen molar-refractivity contribution in [3.05, 3.63) is 108 Å². The summed E-state index contributed by atoms with van der Waals surface area (Å²) in [4.78, 5) is 13.2. The quantitative estimate of drug-likeness (QED) is 0.204. The second-order valence-electron chi connectivity index (χ2n) is 16.8. The fourth-order valence-corrected chi connectivity index (χ4v) is 11.6. The van der Waals surface area contributed by atoms with E-state index in [1.165, 1.54) is 62.5 Å². The zero-order chi connectivity index (χ0) is 35.0. The number of carboxylic acid groups (broad SMARTS) is 1. The molecule has 0 amide bonds. The van der Waals surface area contributed by atoms with E-state index < -0.39 is 11.9 Å². The van der Waals surface area contributed by atoms with Crippen LogP contribution < -0.4 is 5.73 Å². The van der Waals surface area contributed by atoms with E-state index in [0.717, 1.165) is 50.9 Å². The molecule has 3 heteroatoms. The van der Waals surface area contributed by atoms with Gasteiger partial charge in [-0.15, -0.1) is 5.92 Å². The van der Waals surface area contributed by atoms with Crippen molar-refractivity contribution in [1.29, 1.82) is 0 Å². The largest absolute Gasteiger partial charge is 0.481 e. The van der Waals surface area contributed by atoms with Gasteiger partial charge < -0.3 is 10.8 Å². The number of nitrogens with two attached hydrogens (primary N) is 1. The lowest BCUT2D eigenvalue weighted by Gasteiger charge is -2.56. The number of hydrogen-bond acceptors (Lipinski definition) is 2. The minimum Gasteiger partial charge on any atom is -0.481 e. The van der Waals surface area contributed by atoms with Crippen molar-refractivity contribution < 1.29 is 9.90 Å². The van der Waals surface area contributed by atoms with Crippen molar-refractivity contribution in [3.8, 4) is 11.8 Å². The van der Waals surface area contributed by atoms with Crippen molar-refractivity contribution in [2.24, 2.45) is 59.0 Å². The highest BCUT2D eigenvalue weighted by molar-refractivity contribution is 5.73. The molecule has 51 heavy (non-hydrogen) atoms. The van der Waals surface area contributed by atoms with Crippen LogP contribution in [-0.4, -0.2) is 17.6 Å². The summed E-state index contributed by atoms with van der Waals surface area (Å²) in [7, 11) is 0. The molecule has 270 valence electrons. The molecule has 6 aliphatic carbocycles. The standard InChI is InChI=1S/C48H61NO2/c49-34-40-27-29-43(47(50)51)46-44-30-28-39(45(40)46)33-36(19-8-2-7-18-35-16-5-1-6-17-35)32-38(37-20-9-3-10-21-37)22-15-26-42-25-13-14-31-48(42,44)41-23-11-4-12-24-41/h2-4,8-12,20-21,23-24,27-30,35-36,38-40,42-46H,1,5-7,13-14,16-19,22,25,31-34,49H2,(H,50,51)/t36-,38-,39-,40-,42-,43-,44-,45-,46-,48-/m0/s1. The van der Waals surface area contributed by atoms with E-state index in [9.17, 15) is 9.90 Å². The number of carbonyl (C=O) groups is 1. The van der Waals surface area contributed by atoms with Gasteiger partial charge in [-0.1, -0.05) is 148 Å². The van der Waals surface area contributed by atoms with Gasteiger partial charge in [-0.2, -0.15) is 0 Å². The Hall–Kier alpha value is -3.35. The number of carboxylic acids is 1. The molecule has 2 aromatic rings. The molecular formula is C48H61NO2. The normalized spacial score (nSPS) is 35.4. The first-order valence-corrected chi connectivity index (χ1v) is 20.6. The molecule has 0 aliphatic heterocycles. The summed E-state index contributed by atoms with van der Waals surface area (Å²) in [5.74, 6) is 9.26. The van der Waals surface area contributed by atoms with E-state index in [4.69, 9.17) is 5.73 Å². The fraction of sp³-hybridized carbons (Fsp3) is 0.562. The molecule has 2 saturated carbocycles. The van der Waals surface area contributed by atoms with Gasteiger partial charge in [-0.25, -0.2) is 0 Å². The minimum absolute atomic E-state index is 0.0176. The average molecular weight is 684 g/mol. The summed E-state index contributed by atoms with van der Waals surface area (Å²) >= 11 is 0. The lowest BCUT2D eigenvalue weighted by Crippen LogP contribution is -2.55. The Morgan fingerprint density at radius 2 is 1.59 bits per heavy atom. The minimum atomic E-state index is -0.691. The summed E-state index contributed by atoms with van der Waals surface area (Å²) in [6.07, 6.45) is 32.3. The molecule has 2 fully saturated rings. The van der Waals surface area contributed by atoms with Gasteiger partial charge in [-0.05, 0) is 110 Å². The lowest BCUT2D eigenvalue weighted by molar-refractivity contribution is -0.145. The molecule has 2 aromatic carbocycles. The van der Waals surface area contributed by atoms with Gasteiger partial charge >= 0.3 is 5.97 Å². The maximum Gasteiger partial charge on any atom is 0.310 e. The van der Waals surface area contributed by atoms with Crippen molar-refractivity contribution in [2.75, 3.05) is 6.54 Å². The van der Waals surface area contributed by atoms with Crippen LogP contribution in [0.15, 0.2) is 97.1 Å². The first-order chi connectivity index (χ1) is 25.1. The highest BCUT2D eigenvalue weighted by Gasteiger charge is 2.57. The smallest absolute Gasteiger partial charge is 0.310 e. The van der Waals surface area contributed by atoms with Gasteiger partial charge in [0.25, 0.3) is 0 Å². The van der Waals surface area contributed by atoms with Gasteiger partial charge in [0.2, 0.25) is 0 Å². The lowest BCUT2D eigenvalue weighted by atomic mass is 9.47. The van der Waals surface area contributed by atoms with Crippen molar-refractivity contribution in [3.63, 3.8) is 0 Å². The Morgan fingerprint density at radius 1 is 0.824 bits per heavy atom. The number of aliphatic carboxylic acids is 1. The van der Waals surface area contributed by atoms with E-state index in [1.54, 1.807) is 0 Å². The Kier molecular flexibility index (Phi) is 12.0. The van der Waals surface area contributed by atoms with E-state index in [2.05, 4.69) is 103 Å². The van der Waals surface area contributed by atoms with Crippen molar-refractivity contribution in [2.45, 2.75) is 108 Å². The maximum atomic E-state index is 13.2. The van der Waals surface area contributed by atoms with Crippen molar-refractivity contribution in [1.82, 2.24) is 0 Å². The zero-order valence-electron chi connectivity index (χ0n) is 30.8. The molecule has 0 unspecified atom stereocenters. The molecular weight excluding hydrogens is 623 g/mol. The molecule has 0 radical (unpaired) electrons. The van der Waals surface area contributed by atoms with Crippen LogP contribution >= 0.6 is 0 Å². The van der Waals surface area contributed by atoms with Crippen molar-refractivity contribution >= 4 is 5.97 Å². The topological polar surface area (TPSA) is 63.3 Å². The Bertz CT molecular complexity index is 1580. The predicted octanol–water partition coefficient (Wildman–Crippen LogP) is 10.9. The highest BCUT2D eigenvalue weighted by Crippen LogP contribution is 2.59. The molecule has 3 N–H and O–H groups in total. The SMILES string of the molecule is NC[C@@H]1C=C[C@H](C(=O)O)[C@@H]2[C@H]1[C@H]1C=C[C@@H]2[C@]2(c3ccccc3)CCCC[C@H]2C#CC[C@H](c2ccccc2)C[C@H](CC=CCCC2CCCCC2)C1. The Morgan fingerprint density at radius 3 is 2.35 bits per heavy atom. The second kappa shape index (κ2) is 17.0. The van der Waals surface area contributed by atoms with Gasteiger partial charge in [-0.3, -0.25) is 4.79 Å². The first kappa shape index (κ1) is 36.0. The number of fused-ring (bicyclic) bond motifs is 5. The monoisotopic (exact) mass is 683 g/mol. The molecule has 0 aromatic heterocycles. The van der Waals surface area contributed by atoms with Crippen LogP contribution in [0, 0.1) is 65.1 Å². The highest BCUT2D eigenvalue weighted by atomic mass is 16.4. The number of rotatable bonds is 9. The molecule has 3 nitrogen and oxygen atoms in total. The molecule has 0 saturated heterocycles. The molecule has 0 spiro atoms. The van der Waals surface area contributed by atoms with Crippen LogP contribution in [0.3, 0.4) is 0 Å². The summed E-state index contributed by atoms with van der Waals surface area (Å²) in [5.41, 5.74) is 9.14. The van der Waals surface area contributed by atoms with Gasteiger partial charge in [0.1, 0.15) is 0 Å². The summed E-state index contributed by atoms with van der Waals surface area (Å²) < 4.78 is 0. The van der Waals surface area contributed by atoms with Crippen LogP contribution in [0.4, 0.5) is 0 Å². The Labute approximate surface area is 308 Å². The predicted molar refractivity (Wildman–Crippen MR) is 210 cm³/mol. The van der Waals surface area contributed by atoms with Gasteiger partial charge in [0.15, 0.2) is 0 Å². The van der Waals surface area contributed by atoms with Crippen LogP contribution in [0.2, 0.25) is 0 Å². The van der Waals surface area contributed by atoms with Gasteiger partial charge in [0.05, 0.1) is 5.92 Å². The third kappa shape index (κ3) is 7.88. The average Bonchev–Trinajstić information content (AvgIpc) is 3.19. The molecule has 0 heterocycles. The van der Waals surface area contributed by atoms with E-state index in [-0.39, 0.29) is 35.0 Å². The van der Waals surface area contributed by atoms with Gasteiger partial charge in [0, 0.05) is 17.8 Å². The molecule has 8 rings (SSSR count). The zero-order valence-corrected chi connectivity index (χ0v) is 30.8.